The Kier molecular flexibility index (Phi) is 5.19. The van der Waals surface area contributed by atoms with Gasteiger partial charge in [-0.2, -0.15) is 0 Å². The number of amides is 1. The number of hydrogen-bond acceptors (Lipinski definition) is 3. The molecule has 0 bridgehead atoms. The fourth-order valence-electron chi connectivity index (χ4n) is 2.24. The van der Waals surface area contributed by atoms with Gasteiger partial charge in [-0.25, -0.2) is 9.37 Å². The van der Waals surface area contributed by atoms with Gasteiger partial charge in [0, 0.05) is 24.9 Å². The Morgan fingerprint density at radius 3 is 2.52 bits per heavy atom. The second kappa shape index (κ2) is 6.94. The molecule has 0 saturated heterocycles. The number of oxazole rings is 1. The molecule has 0 spiro atoms. The maximum Gasteiger partial charge on any atom is 0.226 e. The summed E-state index contributed by atoms with van der Waals surface area (Å²) in [6, 6.07) is 6.02. The van der Waals surface area contributed by atoms with E-state index in [1.807, 2.05) is 27.7 Å². The molecule has 1 N–H and O–H groups in total. The van der Waals surface area contributed by atoms with Gasteiger partial charge in [0.2, 0.25) is 11.8 Å². The Bertz CT molecular complexity index is 669. The zero-order valence-electron chi connectivity index (χ0n) is 14.1. The number of rotatable bonds is 5. The topological polar surface area (TPSA) is 55.1 Å². The molecular weight excluding hydrogens is 295 g/mol. The zero-order chi connectivity index (χ0) is 17.0. The summed E-state index contributed by atoms with van der Waals surface area (Å²) in [4.78, 5) is 16.2. The molecule has 2 aromatic rings. The molecule has 2 rings (SSSR count). The Balaban J connectivity index is 1.94. The molecule has 0 unspecified atom stereocenters. The van der Waals surface area contributed by atoms with Crippen LogP contribution in [-0.2, 0) is 11.2 Å². The number of aromatic nitrogens is 1. The predicted octanol–water partition coefficient (Wildman–Crippen LogP) is 3.88. The van der Waals surface area contributed by atoms with Crippen molar-refractivity contribution in [2.75, 3.05) is 6.54 Å². The largest absolute Gasteiger partial charge is 0.441 e. The molecule has 0 fully saturated rings. The van der Waals surface area contributed by atoms with Crippen molar-refractivity contribution in [1.29, 1.82) is 0 Å². The number of hydrogen-bond donors (Lipinski definition) is 1. The van der Waals surface area contributed by atoms with E-state index in [1.165, 1.54) is 12.1 Å². The standard InChI is InChI=1S/C18H23FN2O2/c1-12-15(9-10-20-16(22)11-18(2,3)4)21-17(23-12)13-5-7-14(19)8-6-13/h5-8H,9-11H2,1-4H3,(H,20,22). The van der Waals surface area contributed by atoms with E-state index >= 15 is 0 Å². The quantitative estimate of drug-likeness (QED) is 0.910. The molecule has 0 aliphatic heterocycles. The molecule has 0 atom stereocenters. The van der Waals surface area contributed by atoms with Crippen LogP contribution < -0.4 is 5.32 Å². The van der Waals surface area contributed by atoms with E-state index in [0.29, 0.717) is 25.3 Å². The van der Waals surface area contributed by atoms with Crippen LogP contribution in [0.3, 0.4) is 0 Å². The highest BCUT2D eigenvalue weighted by molar-refractivity contribution is 5.76. The van der Waals surface area contributed by atoms with Gasteiger partial charge in [0.25, 0.3) is 0 Å². The molecule has 5 heteroatoms. The van der Waals surface area contributed by atoms with Crippen molar-refractivity contribution in [1.82, 2.24) is 10.3 Å². The molecule has 1 aromatic carbocycles. The van der Waals surface area contributed by atoms with Crippen LogP contribution in [0.1, 0.15) is 38.6 Å². The summed E-state index contributed by atoms with van der Waals surface area (Å²) in [6.07, 6.45) is 1.10. The van der Waals surface area contributed by atoms with Crippen LogP contribution in [0.2, 0.25) is 0 Å². The summed E-state index contributed by atoms with van der Waals surface area (Å²) < 4.78 is 18.6. The van der Waals surface area contributed by atoms with Crippen LogP contribution in [0.25, 0.3) is 11.5 Å². The Hall–Kier alpha value is -2.17. The maximum atomic E-state index is 13.0. The van der Waals surface area contributed by atoms with Gasteiger partial charge < -0.3 is 9.73 Å². The molecular formula is C18H23FN2O2. The summed E-state index contributed by atoms with van der Waals surface area (Å²) in [5, 5.41) is 2.90. The van der Waals surface area contributed by atoms with Crippen molar-refractivity contribution in [3.8, 4) is 11.5 Å². The first kappa shape index (κ1) is 17.2. The lowest BCUT2D eigenvalue weighted by Crippen LogP contribution is -2.29. The lowest BCUT2D eigenvalue weighted by molar-refractivity contribution is -0.122. The average molecular weight is 318 g/mol. The van der Waals surface area contributed by atoms with Gasteiger partial charge in [-0.05, 0) is 36.6 Å². The van der Waals surface area contributed by atoms with Crippen molar-refractivity contribution in [2.45, 2.75) is 40.5 Å². The van der Waals surface area contributed by atoms with E-state index in [2.05, 4.69) is 10.3 Å². The molecule has 124 valence electrons. The van der Waals surface area contributed by atoms with Crippen LogP contribution in [0.5, 0.6) is 0 Å². The number of nitrogens with zero attached hydrogens (tertiary/aromatic N) is 1. The highest BCUT2D eigenvalue weighted by Crippen LogP contribution is 2.22. The van der Waals surface area contributed by atoms with Crippen molar-refractivity contribution < 1.29 is 13.6 Å². The van der Waals surface area contributed by atoms with Gasteiger partial charge in [-0.3, -0.25) is 4.79 Å². The minimum Gasteiger partial charge on any atom is -0.441 e. The normalized spacial score (nSPS) is 11.5. The van der Waals surface area contributed by atoms with E-state index in [4.69, 9.17) is 4.42 Å². The zero-order valence-corrected chi connectivity index (χ0v) is 14.1. The fraction of sp³-hybridized carbons (Fsp3) is 0.444. The molecule has 0 saturated carbocycles. The second-order valence-electron chi connectivity index (χ2n) is 6.87. The summed E-state index contributed by atoms with van der Waals surface area (Å²) in [7, 11) is 0. The molecule has 0 radical (unpaired) electrons. The van der Waals surface area contributed by atoms with E-state index in [1.54, 1.807) is 12.1 Å². The minimum atomic E-state index is -0.293. The summed E-state index contributed by atoms with van der Waals surface area (Å²) in [5.41, 5.74) is 1.52. The summed E-state index contributed by atoms with van der Waals surface area (Å²) in [6.45, 7) is 8.45. The smallest absolute Gasteiger partial charge is 0.226 e. The highest BCUT2D eigenvalue weighted by Gasteiger charge is 2.16. The summed E-state index contributed by atoms with van der Waals surface area (Å²) in [5.74, 6) is 0.934. The number of carbonyl (C=O) groups is 1. The van der Waals surface area contributed by atoms with Crippen molar-refractivity contribution >= 4 is 5.91 Å². The van der Waals surface area contributed by atoms with Gasteiger partial charge in [-0.15, -0.1) is 0 Å². The van der Waals surface area contributed by atoms with Gasteiger partial charge >= 0.3 is 0 Å². The monoisotopic (exact) mass is 318 g/mol. The van der Waals surface area contributed by atoms with Crippen LogP contribution in [-0.4, -0.2) is 17.4 Å². The summed E-state index contributed by atoms with van der Waals surface area (Å²) >= 11 is 0. The Morgan fingerprint density at radius 1 is 1.26 bits per heavy atom. The SMILES string of the molecule is Cc1oc(-c2ccc(F)cc2)nc1CCNC(=O)CC(C)(C)C. The lowest BCUT2D eigenvalue weighted by atomic mass is 9.92. The van der Waals surface area contributed by atoms with Crippen LogP contribution in [0.4, 0.5) is 4.39 Å². The fourth-order valence-corrected chi connectivity index (χ4v) is 2.24. The molecule has 0 aliphatic rings. The third-order valence-corrected chi connectivity index (χ3v) is 3.36. The van der Waals surface area contributed by atoms with Crippen molar-refractivity contribution in [3.05, 3.63) is 41.5 Å². The molecule has 1 amide bonds. The lowest BCUT2D eigenvalue weighted by Gasteiger charge is -2.17. The first-order valence-electron chi connectivity index (χ1n) is 7.73. The molecule has 0 aliphatic carbocycles. The van der Waals surface area contributed by atoms with E-state index in [0.717, 1.165) is 17.0 Å². The molecule has 23 heavy (non-hydrogen) atoms. The Morgan fingerprint density at radius 2 is 1.91 bits per heavy atom. The third-order valence-electron chi connectivity index (χ3n) is 3.36. The van der Waals surface area contributed by atoms with Gasteiger partial charge in [0.15, 0.2) is 0 Å². The highest BCUT2D eigenvalue weighted by atomic mass is 19.1. The third kappa shape index (κ3) is 5.20. The number of halogens is 1. The van der Waals surface area contributed by atoms with E-state index < -0.39 is 0 Å². The van der Waals surface area contributed by atoms with Crippen molar-refractivity contribution in [2.24, 2.45) is 5.41 Å². The van der Waals surface area contributed by atoms with Gasteiger partial charge in [0.1, 0.15) is 11.6 Å². The maximum absolute atomic E-state index is 13.0. The van der Waals surface area contributed by atoms with Crippen LogP contribution in [0.15, 0.2) is 28.7 Å². The number of aryl methyl sites for hydroxylation is 1. The number of benzene rings is 1. The van der Waals surface area contributed by atoms with Gasteiger partial charge in [0.05, 0.1) is 5.69 Å². The van der Waals surface area contributed by atoms with E-state index in [9.17, 15) is 9.18 Å². The van der Waals surface area contributed by atoms with Crippen LogP contribution >= 0.6 is 0 Å². The second-order valence-corrected chi connectivity index (χ2v) is 6.87. The number of nitrogens with one attached hydrogen (secondary N) is 1. The van der Waals surface area contributed by atoms with Crippen LogP contribution in [0, 0.1) is 18.2 Å². The number of carbonyl (C=O) groups excluding carboxylic acids is 1. The van der Waals surface area contributed by atoms with Gasteiger partial charge in [-0.1, -0.05) is 20.8 Å². The van der Waals surface area contributed by atoms with E-state index in [-0.39, 0.29) is 17.1 Å². The minimum absolute atomic E-state index is 0.0242. The first-order valence-corrected chi connectivity index (χ1v) is 7.73. The molecule has 1 heterocycles. The van der Waals surface area contributed by atoms with Crippen molar-refractivity contribution in [3.63, 3.8) is 0 Å². The Labute approximate surface area is 136 Å². The first-order chi connectivity index (χ1) is 10.7. The molecule has 1 aromatic heterocycles. The average Bonchev–Trinajstić information content (AvgIpc) is 2.79. The molecule has 4 nitrogen and oxygen atoms in total. The predicted molar refractivity (Wildman–Crippen MR) is 87.4 cm³/mol.